The smallest absolute Gasteiger partial charge is 0.294 e. The molecule has 1 aromatic rings. The number of halogens is 3. The van der Waals surface area contributed by atoms with E-state index in [4.69, 9.17) is 0 Å². The lowest BCUT2D eigenvalue weighted by Gasteiger charge is -2.05. The van der Waals surface area contributed by atoms with E-state index in [1.807, 2.05) is 21.2 Å². The quantitative estimate of drug-likeness (QED) is 0.817. The monoisotopic (exact) mass is 257 g/mol. The Kier molecular flexibility index (Phi) is 2.68. The molecule has 0 bridgehead atoms. The van der Waals surface area contributed by atoms with E-state index in [1.165, 1.54) is 5.51 Å². The minimum atomic E-state index is -3.57. The van der Waals surface area contributed by atoms with Gasteiger partial charge in [0.1, 0.15) is 5.51 Å². The van der Waals surface area contributed by atoms with Gasteiger partial charge >= 0.3 is 10.7 Å². The Balaban J connectivity index is 2.60. The van der Waals surface area contributed by atoms with Crippen LogP contribution in [0.2, 0.25) is 0 Å². The number of aromatic nitrogens is 2. The number of anilines is 1. The number of amides is 1. The predicted octanol–water partition coefficient (Wildman–Crippen LogP) is 1.46. The predicted molar refractivity (Wildman–Crippen MR) is 42.4 cm³/mol. The molecule has 0 aliphatic heterocycles. The lowest BCUT2D eigenvalue weighted by molar-refractivity contribution is -0.128. The summed E-state index contributed by atoms with van der Waals surface area (Å²) in [6.45, 7) is 0. The third kappa shape index (κ3) is 2.45. The van der Waals surface area contributed by atoms with Crippen LogP contribution in [0.3, 0.4) is 0 Å². The summed E-state index contributed by atoms with van der Waals surface area (Å²) in [5, 5.41) is 8.61. The number of nitrogens with zero attached hydrogens (tertiary/aromatic N) is 2. The van der Waals surface area contributed by atoms with Crippen LogP contribution in [0.5, 0.6) is 0 Å². The summed E-state index contributed by atoms with van der Waals surface area (Å²) in [4.78, 5) is 6.99. The van der Waals surface area contributed by atoms with Gasteiger partial charge in [0, 0.05) is 15.9 Å². The second-order valence-corrected chi connectivity index (χ2v) is 3.52. The zero-order valence-corrected chi connectivity index (χ0v) is 7.82. The van der Waals surface area contributed by atoms with Gasteiger partial charge in [-0.15, -0.1) is 10.2 Å². The molecule has 1 aromatic heterocycles. The highest BCUT2D eigenvalue weighted by molar-refractivity contribution is 9.10. The van der Waals surface area contributed by atoms with Crippen molar-refractivity contribution in [3.63, 3.8) is 0 Å². The van der Waals surface area contributed by atoms with E-state index in [2.05, 4.69) is 10.2 Å². The summed E-state index contributed by atoms with van der Waals surface area (Å²) in [7, 11) is 0. The molecule has 0 radical (unpaired) electrons. The Morgan fingerprint density at radius 3 is 2.83 bits per heavy atom. The van der Waals surface area contributed by atoms with E-state index in [9.17, 15) is 13.6 Å². The summed E-state index contributed by atoms with van der Waals surface area (Å²) < 4.78 is 24.3. The summed E-state index contributed by atoms with van der Waals surface area (Å²) in [6, 6.07) is 0. The molecule has 0 spiro atoms. The number of alkyl halides is 3. The SMILES string of the molecule is O=C(Nc1nncs1)C(F)(F)Br. The molecule has 1 rings (SSSR count). The van der Waals surface area contributed by atoms with Gasteiger partial charge in [-0.1, -0.05) is 11.3 Å². The first-order valence-electron chi connectivity index (χ1n) is 2.64. The highest BCUT2D eigenvalue weighted by atomic mass is 79.9. The molecular formula is C4H2BrF2N3OS. The van der Waals surface area contributed by atoms with E-state index < -0.39 is 10.7 Å². The van der Waals surface area contributed by atoms with Crippen LogP contribution in [0.1, 0.15) is 0 Å². The molecule has 4 nitrogen and oxygen atoms in total. The molecule has 0 aliphatic carbocycles. The minimum absolute atomic E-state index is 0.0409. The number of nitrogens with one attached hydrogen (secondary N) is 1. The lowest BCUT2D eigenvalue weighted by atomic mass is 10.6. The van der Waals surface area contributed by atoms with Crippen molar-refractivity contribution in [3.8, 4) is 0 Å². The third-order valence-electron chi connectivity index (χ3n) is 0.838. The first kappa shape index (κ1) is 9.46. The fourth-order valence-corrected chi connectivity index (χ4v) is 0.935. The fraction of sp³-hybridized carbons (Fsp3) is 0.250. The van der Waals surface area contributed by atoms with Crippen molar-refractivity contribution >= 4 is 38.3 Å². The van der Waals surface area contributed by atoms with Gasteiger partial charge in [0.05, 0.1) is 0 Å². The number of hydrogen-bond acceptors (Lipinski definition) is 4. The molecule has 0 saturated carbocycles. The van der Waals surface area contributed by atoms with Crippen LogP contribution < -0.4 is 5.32 Å². The molecule has 0 atom stereocenters. The highest BCUT2D eigenvalue weighted by Gasteiger charge is 2.35. The molecule has 0 unspecified atom stereocenters. The van der Waals surface area contributed by atoms with Gasteiger partial charge < -0.3 is 0 Å². The van der Waals surface area contributed by atoms with Gasteiger partial charge in [-0.3, -0.25) is 10.1 Å². The van der Waals surface area contributed by atoms with Crippen LogP contribution in [0.15, 0.2) is 5.51 Å². The van der Waals surface area contributed by atoms with Crippen LogP contribution in [-0.4, -0.2) is 20.9 Å². The molecule has 0 aromatic carbocycles. The zero-order valence-electron chi connectivity index (χ0n) is 5.42. The highest BCUT2D eigenvalue weighted by Crippen LogP contribution is 2.23. The Labute approximate surface area is 78.1 Å². The standard InChI is InChI=1S/C4H2BrF2N3OS/c5-4(6,7)2(11)9-3-10-8-1-12-3/h1H,(H,9,10,11). The van der Waals surface area contributed by atoms with Crippen LogP contribution in [0, 0.1) is 0 Å². The van der Waals surface area contributed by atoms with Crippen molar-refractivity contribution in [2.24, 2.45) is 0 Å². The number of carbonyl (C=O) groups is 1. The minimum Gasteiger partial charge on any atom is -0.294 e. The molecule has 8 heteroatoms. The summed E-state index contributed by atoms with van der Waals surface area (Å²) in [6.07, 6.45) is 0. The van der Waals surface area contributed by atoms with Crippen LogP contribution in [0.25, 0.3) is 0 Å². The largest absolute Gasteiger partial charge is 0.378 e. The van der Waals surface area contributed by atoms with E-state index in [0.717, 1.165) is 11.3 Å². The molecule has 1 amide bonds. The van der Waals surface area contributed by atoms with Crippen LogP contribution >= 0.6 is 27.3 Å². The fourth-order valence-electron chi connectivity index (χ4n) is 0.396. The van der Waals surface area contributed by atoms with Crippen molar-refractivity contribution in [2.75, 3.05) is 5.32 Å². The normalized spacial score (nSPS) is 11.2. The molecule has 0 saturated heterocycles. The molecule has 0 aliphatic rings. The van der Waals surface area contributed by atoms with Gasteiger partial charge in [0.2, 0.25) is 5.13 Å². The first-order valence-corrected chi connectivity index (χ1v) is 4.32. The Morgan fingerprint density at radius 1 is 1.75 bits per heavy atom. The van der Waals surface area contributed by atoms with Gasteiger partial charge in [-0.05, 0) is 0 Å². The average molecular weight is 258 g/mol. The maximum Gasteiger partial charge on any atom is 0.378 e. The van der Waals surface area contributed by atoms with E-state index >= 15 is 0 Å². The average Bonchev–Trinajstić information content (AvgIpc) is 2.37. The number of rotatable bonds is 2. The van der Waals surface area contributed by atoms with Crippen molar-refractivity contribution in [1.82, 2.24) is 10.2 Å². The van der Waals surface area contributed by atoms with Gasteiger partial charge in [-0.25, -0.2) is 0 Å². The van der Waals surface area contributed by atoms with E-state index in [0.29, 0.717) is 0 Å². The lowest BCUT2D eigenvalue weighted by Crippen LogP contribution is -2.28. The molecule has 1 heterocycles. The molecule has 66 valence electrons. The molecule has 12 heavy (non-hydrogen) atoms. The topological polar surface area (TPSA) is 54.9 Å². The molecule has 1 N–H and O–H groups in total. The number of hydrogen-bond donors (Lipinski definition) is 1. The van der Waals surface area contributed by atoms with Crippen molar-refractivity contribution < 1.29 is 13.6 Å². The third-order valence-corrected chi connectivity index (χ3v) is 1.80. The summed E-state index contributed by atoms with van der Waals surface area (Å²) >= 11 is 2.86. The van der Waals surface area contributed by atoms with Crippen LogP contribution in [0.4, 0.5) is 13.9 Å². The maximum atomic E-state index is 12.2. The summed E-state index contributed by atoms with van der Waals surface area (Å²) in [5.74, 6) is -1.46. The van der Waals surface area contributed by atoms with Crippen LogP contribution in [-0.2, 0) is 4.79 Å². The van der Waals surface area contributed by atoms with Crippen molar-refractivity contribution in [3.05, 3.63) is 5.51 Å². The molecule has 0 fully saturated rings. The zero-order chi connectivity index (χ0) is 9.19. The Hall–Kier alpha value is -0.630. The van der Waals surface area contributed by atoms with Gasteiger partial charge in [0.25, 0.3) is 0 Å². The van der Waals surface area contributed by atoms with E-state index in [1.54, 1.807) is 0 Å². The Morgan fingerprint density at radius 2 is 2.42 bits per heavy atom. The van der Waals surface area contributed by atoms with Crippen molar-refractivity contribution in [2.45, 2.75) is 4.83 Å². The van der Waals surface area contributed by atoms with E-state index in [-0.39, 0.29) is 5.13 Å². The molecular weight excluding hydrogens is 256 g/mol. The van der Waals surface area contributed by atoms with Gasteiger partial charge in [-0.2, -0.15) is 8.78 Å². The number of carbonyl (C=O) groups excluding carboxylic acids is 1. The second kappa shape index (κ2) is 3.40. The summed E-state index contributed by atoms with van der Waals surface area (Å²) in [5.41, 5.74) is 1.32. The Bertz CT molecular complexity index is 272. The van der Waals surface area contributed by atoms with Crippen molar-refractivity contribution in [1.29, 1.82) is 0 Å². The second-order valence-electron chi connectivity index (χ2n) is 1.70. The van der Waals surface area contributed by atoms with Gasteiger partial charge in [0.15, 0.2) is 0 Å². The maximum absolute atomic E-state index is 12.2. The first-order chi connectivity index (χ1) is 5.50.